The van der Waals surface area contributed by atoms with Gasteiger partial charge in [0.2, 0.25) is 0 Å². The molecule has 1 aromatic carbocycles. The zero-order valence-corrected chi connectivity index (χ0v) is 14.7. The SMILES string of the molecule is O=c1[nH]c(OC[C@@]23CCCN2C[C@H](F)C3)nc2c(F)c(Br)c(F)cc12. The van der Waals surface area contributed by atoms with E-state index < -0.39 is 28.9 Å². The molecular formula is C16H15BrF3N3O2. The summed E-state index contributed by atoms with van der Waals surface area (Å²) in [6.45, 7) is 1.35. The molecule has 25 heavy (non-hydrogen) atoms. The van der Waals surface area contributed by atoms with Crippen molar-refractivity contribution >= 4 is 26.8 Å². The number of hydrogen-bond acceptors (Lipinski definition) is 4. The van der Waals surface area contributed by atoms with Crippen molar-refractivity contribution in [3.05, 3.63) is 32.5 Å². The molecule has 2 aliphatic rings. The topological polar surface area (TPSA) is 58.2 Å². The minimum absolute atomic E-state index is 0.154. The van der Waals surface area contributed by atoms with Gasteiger partial charge in [0.05, 0.1) is 15.4 Å². The van der Waals surface area contributed by atoms with Crippen LogP contribution in [-0.4, -0.2) is 46.3 Å². The number of rotatable bonds is 3. The van der Waals surface area contributed by atoms with Crippen LogP contribution in [0.1, 0.15) is 19.3 Å². The van der Waals surface area contributed by atoms with Crippen LogP contribution in [0.25, 0.3) is 10.9 Å². The lowest BCUT2D eigenvalue weighted by Crippen LogP contribution is -2.43. The number of aromatic nitrogens is 2. The average Bonchev–Trinajstić information content (AvgIpc) is 3.08. The Labute approximate surface area is 149 Å². The molecule has 1 aromatic heterocycles. The van der Waals surface area contributed by atoms with Crippen LogP contribution >= 0.6 is 15.9 Å². The van der Waals surface area contributed by atoms with Gasteiger partial charge in [0, 0.05) is 13.0 Å². The molecule has 134 valence electrons. The van der Waals surface area contributed by atoms with Gasteiger partial charge >= 0.3 is 0 Å². The van der Waals surface area contributed by atoms with Crippen LogP contribution < -0.4 is 10.3 Å². The average molecular weight is 418 g/mol. The first kappa shape index (κ1) is 16.8. The molecular weight excluding hydrogens is 403 g/mol. The van der Waals surface area contributed by atoms with Gasteiger partial charge < -0.3 is 4.74 Å². The molecule has 1 N–H and O–H groups in total. The van der Waals surface area contributed by atoms with Crippen LogP contribution in [0.4, 0.5) is 13.2 Å². The van der Waals surface area contributed by atoms with Crippen LogP contribution in [0.15, 0.2) is 15.3 Å². The number of hydrogen-bond donors (Lipinski definition) is 1. The molecule has 5 nitrogen and oxygen atoms in total. The first-order valence-electron chi connectivity index (χ1n) is 7.99. The summed E-state index contributed by atoms with van der Waals surface area (Å²) >= 11 is 2.79. The van der Waals surface area contributed by atoms with Gasteiger partial charge in [-0.05, 0) is 41.4 Å². The Balaban J connectivity index is 1.65. The summed E-state index contributed by atoms with van der Waals surface area (Å²) in [5.74, 6) is -1.84. The maximum atomic E-state index is 14.2. The van der Waals surface area contributed by atoms with Crippen LogP contribution in [0, 0.1) is 11.6 Å². The molecule has 2 aromatic rings. The minimum atomic E-state index is -0.962. The zero-order chi connectivity index (χ0) is 17.8. The summed E-state index contributed by atoms with van der Waals surface area (Å²) in [5.41, 5.74) is -1.38. The molecule has 2 fully saturated rings. The fraction of sp³-hybridized carbons (Fsp3) is 0.500. The maximum Gasteiger partial charge on any atom is 0.297 e. The lowest BCUT2D eigenvalue weighted by molar-refractivity contribution is 0.107. The first-order chi connectivity index (χ1) is 11.9. The number of fused-ring (bicyclic) bond motifs is 2. The van der Waals surface area contributed by atoms with Gasteiger partial charge in [-0.3, -0.25) is 14.7 Å². The van der Waals surface area contributed by atoms with Gasteiger partial charge in [-0.1, -0.05) is 0 Å². The van der Waals surface area contributed by atoms with Crippen molar-refractivity contribution < 1.29 is 17.9 Å². The van der Waals surface area contributed by atoms with E-state index in [9.17, 15) is 18.0 Å². The Morgan fingerprint density at radius 3 is 3.08 bits per heavy atom. The van der Waals surface area contributed by atoms with Gasteiger partial charge in [-0.2, -0.15) is 4.98 Å². The van der Waals surface area contributed by atoms with Gasteiger partial charge in [0.25, 0.3) is 11.6 Å². The molecule has 0 saturated carbocycles. The van der Waals surface area contributed by atoms with E-state index in [2.05, 4.69) is 30.8 Å². The van der Waals surface area contributed by atoms with E-state index in [1.807, 2.05) is 0 Å². The molecule has 2 saturated heterocycles. The van der Waals surface area contributed by atoms with Crippen molar-refractivity contribution in [3.63, 3.8) is 0 Å². The Morgan fingerprint density at radius 2 is 2.28 bits per heavy atom. The highest BCUT2D eigenvalue weighted by molar-refractivity contribution is 9.10. The molecule has 0 bridgehead atoms. The normalized spacial score (nSPS) is 26.3. The van der Waals surface area contributed by atoms with Crippen molar-refractivity contribution in [2.75, 3.05) is 19.7 Å². The number of ether oxygens (including phenoxy) is 1. The van der Waals surface area contributed by atoms with Gasteiger partial charge in [-0.15, -0.1) is 0 Å². The number of halogens is 4. The van der Waals surface area contributed by atoms with Crippen LogP contribution in [0.2, 0.25) is 0 Å². The number of H-pyrrole nitrogens is 1. The minimum Gasteiger partial charge on any atom is -0.463 e. The Morgan fingerprint density at radius 1 is 1.48 bits per heavy atom. The summed E-state index contributed by atoms with van der Waals surface area (Å²) in [7, 11) is 0. The summed E-state index contributed by atoms with van der Waals surface area (Å²) in [6, 6.07) is 0.763. The summed E-state index contributed by atoms with van der Waals surface area (Å²) in [6.07, 6.45) is 1.23. The van der Waals surface area contributed by atoms with Crippen molar-refractivity contribution in [3.8, 4) is 6.01 Å². The lowest BCUT2D eigenvalue weighted by Gasteiger charge is -2.30. The molecule has 9 heteroatoms. The number of nitrogens with one attached hydrogen (secondary N) is 1. The van der Waals surface area contributed by atoms with Crippen LogP contribution in [-0.2, 0) is 0 Å². The van der Waals surface area contributed by atoms with Gasteiger partial charge in [0.15, 0.2) is 5.82 Å². The second-order valence-electron chi connectivity index (χ2n) is 6.62. The fourth-order valence-electron chi connectivity index (χ4n) is 3.88. The van der Waals surface area contributed by atoms with Crippen LogP contribution in [0.3, 0.4) is 0 Å². The molecule has 0 amide bonds. The zero-order valence-electron chi connectivity index (χ0n) is 13.1. The Hall–Kier alpha value is -1.61. The monoisotopic (exact) mass is 417 g/mol. The van der Waals surface area contributed by atoms with E-state index in [0.29, 0.717) is 13.0 Å². The highest BCUT2D eigenvalue weighted by Gasteiger charge is 2.49. The third-order valence-electron chi connectivity index (χ3n) is 5.05. The number of benzene rings is 1. The van der Waals surface area contributed by atoms with E-state index in [1.54, 1.807) is 0 Å². The van der Waals surface area contributed by atoms with Crippen molar-refractivity contribution in [2.24, 2.45) is 0 Å². The van der Waals surface area contributed by atoms with E-state index in [-0.39, 0.29) is 28.0 Å². The summed E-state index contributed by atoms with van der Waals surface area (Å²) < 4.78 is 46.8. The van der Waals surface area contributed by atoms with E-state index >= 15 is 0 Å². The lowest BCUT2D eigenvalue weighted by atomic mass is 9.95. The number of nitrogens with zero attached hydrogens (tertiary/aromatic N) is 2. The highest BCUT2D eigenvalue weighted by Crippen LogP contribution is 2.40. The number of aromatic amines is 1. The maximum absolute atomic E-state index is 14.2. The fourth-order valence-corrected chi connectivity index (χ4v) is 4.18. The summed E-state index contributed by atoms with van der Waals surface area (Å²) in [5, 5.41) is -0.198. The van der Waals surface area contributed by atoms with Crippen molar-refractivity contribution in [1.82, 2.24) is 14.9 Å². The Kier molecular flexibility index (Phi) is 4.03. The van der Waals surface area contributed by atoms with E-state index in [1.165, 1.54) is 0 Å². The molecule has 0 unspecified atom stereocenters. The highest BCUT2D eigenvalue weighted by atomic mass is 79.9. The Bertz CT molecular complexity index is 906. The molecule has 0 aliphatic carbocycles. The predicted octanol–water partition coefficient (Wildman–Crippen LogP) is 2.92. The second kappa shape index (κ2) is 5.98. The smallest absolute Gasteiger partial charge is 0.297 e. The molecule has 3 heterocycles. The largest absolute Gasteiger partial charge is 0.463 e. The third-order valence-corrected chi connectivity index (χ3v) is 5.78. The first-order valence-corrected chi connectivity index (χ1v) is 8.78. The van der Waals surface area contributed by atoms with E-state index in [4.69, 9.17) is 4.74 Å². The second-order valence-corrected chi connectivity index (χ2v) is 7.41. The van der Waals surface area contributed by atoms with Crippen LogP contribution in [0.5, 0.6) is 6.01 Å². The molecule has 4 rings (SSSR count). The molecule has 0 spiro atoms. The quantitative estimate of drug-likeness (QED) is 0.780. The predicted molar refractivity (Wildman–Crippen MR) is 88.5 cm³/mol. The third kappa shape index (κ3) is 2.73. The number of alkyl halides is 1. The van der Waals surface area contributed by atoms with Gasteiger partial charge in [-0.25, -0.2) is 13.2 Å². The molecule has 2 atom stereocenters. The standard InChI is InChI=1S/C16H15BrF3N3O2/c17-11-10(19)4-9-13(12(11)20)21-15(22-14(9)24)25-7-16-2-1-3-23(16)6-8(18)5-16/h4,8H,1-3,5-7H2,(H,21,22,24)/t8-,16+/m1/s1. The van der Waals surface area contributed by atoms with Gasteiger partial charge in [0.1, 0.15) is 24.1 Å². The van der Waals surface area contributed by atoms with Crippen molar-refractivity contribution in [1.29, 1.82) is 0 Å². The summed E-state index contributed by atoms with van der Waals surface area (Å²) in [4.78, 5) is 20.5. The molecule has 2 aliphatic heterocycles. The molecule has 0 radical (unpaired) electrons. The van der Waals surface area contributed by atoms with Crippen molar-refractivity contribution in [2.45, 2.75) is 31.0 Å². The van der Waals surface area contributed by atoms with E-state index in [0.717, 1.165) is 25.5 Å².